The van der Waals surface area contributed by atoms with Crippen LogP contribution in [-0.4, -0.2) is 34.2 Å². The van der Waals surface area contributed by atoms with Gasteiger partial charge in [-0.3, -0.25) is 15.0 Å². The van der Waals surface area contributed by atoms with E-state index in [9.17, 15) is 14.8 Å². The average Bonchev–Trinajstić information content (AvgIpc) is 2.97. The topological polar surface area (TPSA) is 107 Å². The third-order valence-corrected chi connectivity index (χ3v) is 8.56. The Hall–Kier alpha value is -3.94. The van der Waals surface area contributed by atoms with Gasteiger partial charge in [0.1, 0.15) is 5.54 Å². The number of urea groups is 1. The number of pyridine rings is 2. The molecule has 2 heterocycles. The lowest BCUT2D eigenvalue weighted by Gasteiger charge is -2.38. The van der Waals surface area contributed by atoms with Crippen LogP contribution < -0.4 is 20.7 Å². The molecule has 1 saturated carbocycles. The van der Waals surface area contributed by atoms with Gasteiger partial charge in [-0.05, 0) is 60.9 Å². The molecule has 1 atom stereocenters. The Labute approximate surface area is 249 Å². The highest BCUT2D eigenvalue weighted by Gasteiger charge is 2.41. The second-order valence-electron chi connectivity index (χ2n) is 12.5. The molecule has 0 aliphatic heterocycles. The summed E-state index contributed by atoms with van der Waals surface area (Å²) >= 11 is 0. The molecule has 4 rings (SSSR count). The molecular weight excluding hydrogens is 526 g/mol. The lowest BCUT2D eigenvalue weighted by Crippen LogP contribution is -2.61. The lowest BCUT2D eigenvalue weighted by atomic mass is 9.71. The molecule has 8 heteroatoms. The Morgan fingerprint density at radius 1 is 0.952 bits per heavy atom. The summed E-state index contributed by atoms with van der Waals surface area (Å²) < 4.78 is 0.993. The summed E-state index contributed by atoms with van der Waals surface area (Å²) in [7, 11) is 0. The fraction of sp³-hybridized carbons (Fsp3) is 0.471. The molecule has 2 aromatic heterocycles. The first-order valence-corrected chi connectivity index (χ1v) is 15.2. The minimum atomic E-state index is -1.36. The highest BCUT2D eigenvalue weighted by atomic mass is 16.5. The van der Waals surface area contributed by atoms with Crippen molar-refractivity contribution in [1.29, 1.82) is 0 Å². The number of aromatic nitrogens is 2. The Bertz CT molecular complexity index is 1340. The van der Waals surface area contributed by atoms with Gasteiger partial charge >= 0.3 is 6.03 Å². The van der Waals surface area contributed by atoms with E-state index in [1.54, 1.807) is 31.3 Å². The molecule has 0 saturated heterocycles. The molecule has 4 N–H and O–H groups in total. The number of rotatable bonds is 10. The summed E-state index contributed by atoms with van der Waals surface area (Å²) in [6.07, 6.45) is 8.60. The van der Waals surface area contributed by atoms with E-state index in [4.69, 9.17) is 0 Å². The summed E-state index contributed by atoms with van der Waals surface area (Å²) in [5.41, 5.74) is 2.71. The second kappa shape index (κ2) is 13.4. The number of carbonyl (C=O) groups excluding carboxylic acids is 2. The standard InChI is InChI=1S/C34H45N5O3/c1-24(2)27-15-13-16-28(25(3)4)30(27)37-32(41)38-33(5,22-26-14-8-12-21-39(26)42)31(40)36-23-34(18-9-6-10-19-34)29-17-7-11-20-35-29/h7-8,11-17,20-21,24-25H,6,9-10,18-19,22-23H2,1-5H3,(H3-,36,37,38,40,41,42)/p+1. The van der Waals surface area contributed by atoms with Gasteiger partial charge in [-0.15, -0.1) is 0 Å². The normalized spacial score (nSPS) is 16.1. The predicted molar refractivity (Wildman–Crippen MR) is 165 cm³/mol. The summed E-state index contributed by atoms with van der Waals surface area (Å²) in [6.45, 7) is 10.5. The van der Waals surface area contributed by atoms with E-state index in [1.165, 1.54) is 12.6 Å². The smallest absolute Gasteiger partial charge is 0.320 e. The Balaban J connectivity index is 1.62. The zero-order valence-corrected chi connectivity index (χ0v) is 25.6. The van der Waals surface area contributed by atoms with Crippen molar-refractivity contribution in [2.45, 2.75) is 95.9 Å². The number of para-hydroxylation sites is 1. The van der Waals surface area contributed by atoms with Crippen LogP contribution in [0.4, 0.5) is 10.5 Å². The third kappa shape index (κ3) is 7.09. The van der Waals surface area contributed by atoms with Gasteiger partial charge in [-0.2, -0.15) is 0 Å². The molecule has 3 aromatic rings. The molecule has 1 unspecified atom stereocenters. The minimum absolute atomic E-state index is 0.0864. The molecule has 8 nitrogen and oxygen atoms in total. The Morgan fingerprint density at radius 2 is 1.62 bits per heavy atom. The van der Waals surface area contributed by atoms with Crippen molar-refractivity contribution in [2.24, 2.45) is 0 Å². The van der Waals surface area contributed by atoms with Gasteiger partial charge in [0.05, 0.1) is 6.42 Å². The third-order valence-electron chi connectivity index (χ3n) is 8.56. The largest absolute Gasteiger partial charge is 0.353 e. The number of hydrogen-bond acceptors (Lipinski definition) is 4. The van der Waals surface area contributed by atoms with Gasteiger partial charge < -0.3 is 16.0 Å². The van der Waals surface area contributed by atoms with Crippen LogP contribution in [0.25, 0.3) is 0 Å². The van der Waals surface area contributed by atoms with E-state index in [1.807, 2.05) is 36.4 Å². The molecule has 3 amide bonds. The number of hydrogen-bond donors (Lipinski definition) is 4. The molecule has 1 aliphatic rings. The van der Waals surface area contributed by atoms with Gasteiger partial charge in [-0.25, -0.2) is 4.79 Å². The number of anilines is 1. The monoisotopic (exact) mass is 572 g/mol. The SMILES string of the molecule is CC(C)c1cccc(C(C)C)c1NC(=O)NC(C)(Cc1cccc[n+]1O)C(=O)NCC1(c2ccccn2)CCCCC1. The predicted octanol–water partition coefficient (Wildman–Crippen LogP) is 5.99. The van der Waals surface area contributed by atoms with Gasteiger partial charge in [0, 0.05) is 46.4 Å². The second-order valence-corrected chi connectivity index (χ2v) is 12.5. The number of nitrogens with one attached hydrogen (secondary N) is 3. The van der Waals surface area contributed by atoms with Crippen LogP contribution in [0.2, 0.25) is 0 Å². The van der Waals surface area contributed by atoms with E-state index in [0.717, 1.165) is 52.9 Å². The van der Waals surface area contributed by atoms with Crippen LogP contribution in [0, 0.1) is 0 Å². The summed E-state index contributed by atoms with van der Waals surface area (Å²) in [6, 6.07) is 16.8. The molecule has 1 fully saturated rings. The van der Waals surface area contributed by atoms with Crippen LogP contribution in [0.3, 0.4) is 0 Å². The maximum absolute atomic E-state index is 14.1. The van der Waals surface area contributed by atoms with Crippen LogP contribution in [-0.2, 0) is 16.6 Å². The van der Waals surface area contributed by atoms with Crippen molar-refractivity contribution in [2.75, 3.05) is 11.9 Å². The van der Waals surface area contributed by atoms with Crippen molar-refractivity contribution in [3.05, 3.63) is 89.5 Å². The van der Waals surface area contributed by atoms with E-state index < -0.39 is 11.6 Å². The Kier molecular flexibility index (Phi) is 9.86. The molecular formula is C34H46N5O3+. The number of carbonyl (C=O) groups is 2. The lowest BCUT2D eigenvalue weighted by molar-refractivity contribution is -0.909. The van der Waals surface area contributed by atoms with Crippen molar-refractivity contribution in [3.63, 3.8) is 0 Å². The molecule has 0 spiro atoms. The first kappa shape index (κ1) is 31.0. The molecule has 0 bridgehead atoms. The first-order chi connectivity index (χ1) is 20.0. The van der Waals surface area contributed by atoms with E-state index in [2.05, 4.69) is 48.6 Å². The zero-order valence-electron chi connectivity index (χ0n) is 25.6. The van der Waals surface area contributed by atoms with Crippen molar-refractivity contribution in [3.8, 4) is 0 Å². The maximum atomic E-state index is 14.1. The molecule has 224 valence electrons. The summed E-state index contributed by atoms with van der Waals surface area (Å²) in [5.74, 6) is 0.0814. The summed E-state index contributed by atoms with van der Waals surface area (Å²) in [4.78, 5) is 32.4. The van der Waals surface area contributed by atoms with Crippen LogP contribution in [0.15, 0.2) is 67.0 Å². The van der Waals surface area contributed by atoms with E-state index >= 15 is 0 Å². The van der Waals surface area contributed by atoms with Gasteiger partial charge in [-0.1, -0.05) is 71.2 Å². The molecule has 1 aliphatic carbocycles. The quantitative estimate of drug-likeness (QED) is 0.177. The van der Waals surface area contributed by atoms with Crippen molar-refractivity contribution >= 4 is 17.6 Å². The minimum Gasteiger partial charge on any atom is -0.353 e. The fourth-order valence-corrected chi connectivity index (χ4v) is 6.12. The first-order valence-electron chi connectivity index (χ1n) is 15.2. The van der Waals surface area contributed by atoms with Gasteiger partial charge in [0.15, 0.2) is 0 Å². The maximum Gasteiger partial charge on any atom is 0.320 e. The Morgan fingerprint density at radius 3 is 2.21 bits per heavy atom. The van der Waals surface area contributed by atoms with E-state index in [0.29, 0.717) is 12.2 Å². The number of benzene rings is 1. The van der Waals surface area contributed by atoms with Gasteiger partial charge in [0.2, 0.25) is 17.8 Å². The van der Waals surface area contributed by atoms with Crippen molar-refractivity contribution < 1.29 is 19.5 Å². The number of nitrogens with zero attached hydrogens (tertiary/aromatic N) is 2. The van der Waals surface area contributed by atoms with E-state index in [-0.39, 0.29) is 29.6 Å². The van der Waals surface area contributed by atoms with Gasteiger partial charge in [0.25, 0.3) is 0 Å². The van der Waals surface area contributed by atoms with Crippen LogP contribution >= 0.6 is 0 Å². The molecule has 1 aromatic carbocycles. The fourth-order valence-electron chi connectivity index (χ4n) is 6.12. The van der Waals surface area contributed by atoms with Crippen molar-refractivity contribution in [1.82, 2.24) is 15.6 Å². The number of amides is 3. The average molecular weight is 573 g/mol. The highest BCUT2D eigenvalue weighted by Crippen LogP contribution is 2.38. The summed E-state index contributed by atoms with van der Waals surface area (Å²) in [5, 5.41) is 19.7. The van der Waals surface area contributed by atoms with Crippen LogP contribution in [0.5, 0.6) is 0 Å². The zero-order chi connectivity index (χ0) is 30.3. The molecule has 42 heavy (non-hydrogen) atoms. The van der Waals surface area contributed by atoms with Crippen LogP contribution in [0.1, 0.15) is 101 Å². The highest BCUT2D eigenvalue weighted by molar-refractivity contribution is 5.97. The molecule has 0 radical (unpaired) electrons.